The highest BCUT2D eigenvalue weighted by Crippen LogP contribution is 2.29. The Labute approximate surface area is 111 Å². The van der Waals surface area contributed by atoms with Crippen molar-refractivity contribution in [3.8, 4) is 0 Å². The van der Waals surface area contributed by atoms with E-state index >= 15 is 0 Å². The molecule has 1 unspecified atom stereocenters. The van der Waals surface area contributed by atoms with Crippen molar-refractivity contribution < 1.29 is 9.53 Å². The Morgan fingerprint density at radius 3 is 2.88 bits per heavy atom. The number of thioether (sulfide) groups is 1. The summed E-state index contributed by atoms with van der Waals surface area (Å²) < 4.78 is 5.58. The molecule has 1 aromatic heterocycles. The van der Waals surface area contributed by atoms with Crippen LogP contribution in [0.1, 0.15) is 19.5 Å². The minimum absolute atomic E-state index is 0.316. The zero-order valence-corrected chi connectivity index (χ0v) is 12.1. The summed E-state index contributed by atoms with van der Waals surface area (Å²) in [5.41, 5.74) is 0.257. The van der Waals surface area contributed by atoms with Gasteiger partial charge in [0, 0.05) is 5.69 Å². The normalized spacial score (nSPS) is 12.2. The van der Waals surface area contributed by atoms with Crippen molar-refractivity contribution in [2.45, 2.75) is 31.0 Å². The number of halogens is 1. The van der Waals surface area contributed by atoms with Gasteiger partial charge in [-0.3, -0.25) is 4.79 Å². The van der Waals surface area contributed by atoms with Gasteiger partial charge < -0.3 is 9.72 Å². The zero-order valence-electron chi connectivity index (χ0n) is 9.74. The third kappa shape index (κ3) is 3.85. The van der Waals surface area contributed by atoms with Gasteiger partial charge in [-0.05, 0) is 36.7 Å². The molecule has 5 nitrogen and oxygen atoms in total. The van der Waals surface area contributed by atoms with E-state index in [1.165, 1.54) is 11.8 Å². The first-order valence-electron chi connectivity index (χ1n) is 5.05. The number of aromatic nitrogens is 2. The molecule has 1 rings (SSSR count). The van der Waals surface area contributed by atoms with E-state index in [9.17, 15) is 9.59 Å². The van der Waals surface area contributed by atoms with Gasteiger partial charge in [-0.25, -0.2) is 4.79 Å². The van der Waals surface area contributed by atoms with Crippen molar-refractivity contribution in [1.82, 2.24) is 9.97 Å². The number of carbonyl (C=O) groups is 1. The molecule has 1 atom stereocenters. The Hall–Kier alpha value is -0.820. The maximum atomic E-state index is 11.5. The number of hydrogen-bond donors (Lipinski definition) is 1. The molecule has 1 N–H and O–H groups in total. The fraction of sp³-hybridized carbons (Fsp3) is 0.500. The molecule has 1 heterocycles. The summed E-state index contributed by atoms with van der Waals surface area (Å²) in [6.45, 7) is 5.56. The van der Waals surface area contributed by atoms with Gasteiger partial charge in [0.15, 0.2) is 0 Å². The molecule has 0 amide bonds. The predicted molar refractivity (Wildman–Crippen MR) is 69.2 cm³/mol. The number of nitrogens with zero attached hydrogens (tertiary/aromatic N) is 1. The fourth-order valence-corrected chi connectivity index (χ4v) is 2.46. The van der Waals surface area contributed by atoms with E-state index < -0.39 is 10.9 Å². The van der Waals surface area contributed by atoms with Gasteiger partial charge in [0.25, 0.3) is 0 Å². The molecule has 0 aromatic carbocycles. The van der Waals surface area contributed by atoms with E-state index in [2.05, 4.69) is 25.9 Å². The molecule has 0 fully saturated rings. The Bertz CT molecular complexity index is 475. The number of rotatable bonds is 4. The summed E-state index contributed by atoms with van der Waals surface area (Å²) in [6, 6.07) is 0. The highest BCUT2D eigenvalue weighted by atomic mass is 79.9. The van der Waals surface area contributed by atoms with Crippen molar-refractivity contribution in [1.29, 1.82) is 0 Å². The number of ether oxygens (including phenoxy) is 1. The topological polar surface area (TPSA) is 72.0 Å². The van der Waals surface area contributed by atoms with Gasteiger partial charge in [0.2, 0.25) is 0 Å². The van der Waals surface area contributed by atoms with Crippen molar-refractivity contribution >= 4 is 33.7 Å². The molecule has 0 aliphatic carbocycles. The first-order chi connectivity index (χ1) is 7.95. The van der Waals surface area contributed by atoms with Crippen LogP contribution in [0.25, 0.3) is 0 Å². The Kier molecular flexibility index (Phi) is 5.20. The highest BCUT2D eigenvalue weighted by Gasteiger charge is 2.18. The summed E-state index contributed by atoms with van der Waals surface area (Å²) >= 11 is 4.52. The molecule has 0 radical (unpaired) electrons. The lowest BCUT2D eigenvalue weighted by atomic mass is 10.5. The number of nitrogens with one attached hydrogen (secondary N) is 1. The van der Waals surface area contributed by atoms with Crippen LogP contribution in [0.2, 0.25) is 0 Å². The van der Waals surface area contributed by atoms with E-state index in [0.717, 1.165) is 0 Å². The van der Waals surface area contributed by atoms with Crippen molar-refractivity contribution in [2.24, 2.45) is 0 Å². The number of aromatic amines is 1. The van der Waals surface area contributed by atoms with Crippen molar-refractivity contribution in [3.05, 3.63) is 20.7 Å². The van der Waals surface area contributed by atoms with E-state index in [-0.39, 0.29) is 5.97 Å². The maximum absolute atomic E-state index is 11.5. The molecule has 17 heavy (non-hydrogen) atoms. The van der Waals surface area contributed by atoms with Gasteiger partial charge in [-0.15, -0.1) is 0 Å². The van der Waals surface area contributed by atoms with E-state index in [1.807, 2.05) is 0 Å². The van der Waals surface area contributed by atoms with E-state index in [0.29, 0.717) is 21.8 Å². The molecule has 0 saturated carbocycles. The summed E-state index contributed by atoms with van der Waals surface area (Å²) in [6.07, 6.45) is 0. The largest absolute Gasteiger partial charge is 0.465 e. The zero-order chi connectivity index (χ0) is 13.0. The minimum atomic E-state index is -0.427. The Morgan fingerprint density at radius 1 is 1.65 bits per heavy atom. The number of carbonyl (C=O) groups excluding carboxylic acids is 1. The lowest BCUT2D eigenvalue weighted by molar-refractivity contribution is -0.142. The number of esters is 1. The molecular weight excluding hydrogens is 308 g/mol. The van der Waals surface area contributed by atoms with Crippen LogP contribution in [-0.4, -0.2) is 27.8 Å². The summed E-state index contributed by atoms with van der Waals surface area (Å²) in [5, 5.41) is 0.0896. The molecule has 1 aromatic rings. The van der Waals surface area contributed by atoms with Crippen LogP contribution in [0.5, 0.6) is 0 Å². The summed E-state index contributed by atoms with van der Waals surface area (Å²) in [5.74, 6) is -0.316. The average molecular weight is 321 g/mol. The second-order valence-corrected chi connectivity index (χ2v) is 5.42. The van der Waals surface area contributed by atoms with Crippen LogP contribution in [-0.2, 0) is 9.53 Å². The second kappa shape index (κ2) is 6.20. The van der Waals surface area contributed by atoms with Gasteiger partial charge >= 0.3 is 11.7 Å². The third-order valence-electron chi connectivity index (χ3n) is 1.92. The van der Waals surface area contributed by atoms with Gasteiger partial charge in [-0.1, -0.05) is 11.8 Å². The van der Waals surface area contributed by atoms with Gasteiger partial charge in [-0.2, -0.15) is 4.98 Å². The summed E-state index contributed by atoms with van der Waals surface area (Å²) in [4.78, 5) is 29.1. The molecular formula is C10H13BrN2O3S. The van der Waals surface area contributed by atoms with Crippen LogP contribution >= 0.6 is 27.7 Å². The standard InChI is InChI=1S/C10H13BrN2O3S/c1-4-16-9(14)6(3)17-8-7(11)5(2)12-10(15)13-8/h6H,4H2,1-3H3,(H,12,13,15). The fourth-order valence-electron chi connectivity index (χ4n) is 1.10. The smallest absolute Gasteiger partial charge is 0.346 e. The number of aryl methyl sites for hydroxylation is 1. The lowest BCUT2D eigenvalue weighted by Crippen LogP contribution is -2.19. The van der Waals surface area contributed by atoms with Crippen LogP contribution in [0.3, 0.4) is 0 Å². The predicted octanol–water partition coefficient (Wildman–Crippen LogP) is 1.88. The summed E-state index contributed by atoms with van der Waals surface area (Å²) in [7, 11) is 0. The van der Waals surface area contributed by atoms with Crippen LogP contribution in [0.15, 0.2) is 14.3 Å². The molecule has 0 bridgehead atoms. The first-order valence-corrected chi connectivity index (χ1v) is 6.72. The third-order valence-corrected chi connectivity index (χ3v) is 4.22. The first kappa shape index (κ1) is 14.2. The monoisotopic (exact) mass is 320 g/mol. The minimum Gasteiger partial charge on any atom is -0.465 e. The number of H-pyrrole nitrogens is 1. The van der Waals surface area contributed by atoms with E-state index in [4.69, 9.17) is 4.74 Å². The molecule has 7 heteroatoms. The van der Waals surface area contributed by atoms with Crippen LogP contribution < -0.4 is 5.69 Å². The van der Waals surface area contributed by atoms with Crippen LogP contribution in [0, 0.1) is 6.92 Å². The molecule has 0 spiro atoms. The highest BCUT2D eigenvalue weighted by molar-refractivity contribution is 9.10. The molecule has 0 aliphatic heterocycles. The van der Waals surface area contributed by atoms with Crippen LogP contribution in [0.4, 0.5) is 0 Å². The maximum Gasteiger partial charge on any atom is 0.346 e. The second-order valence-electron chi connectivity index (χ2n) is 3.30. The van der Waals surface area contributed by atoms with Crippen molar-refractivity contribution in [2.75, 3.05) is 6.61 Å². The van der Waals surface area contributed by atoms with Crippen molar-refractivity contribution in [3.63, 3.8) is 0 Å². The molecule has 94 valence electrons. The SMILES string of the molecule is CCOC(=O)C(C)Sc1nc(=O)[nH]c(C)c1Br. The molecule has 0 aliphatic rings. The Morgan fingerprint density at radius 2 is 2.29 bits per heavy atom. The molecule has 0 saturated heterocycles. The number of hydrogen-bond acceptors (Lipinski definition) is 5. The van der Waals surface area contributed by atoms with E-state index in [1.54, 1.807) is 20.8 Å². The van der Waals surface area contributed by atoms with Gasteiger partial charge in [0.05, 0.1) is 11.1 Å². The Balaban J connectivity index is 2.88. The lowest BCUT2D eigenvalue weighted by Gasteiger charge is -2.10. The quantitative estimate of drug-likeness (QED) is 0.521. The average Bonchev–Trinajstić information content (AvgIpc) is 2.25. The van der Waals surface area contributed by atoms with Gasteiger partial charge in [0.1, 0.15) is 10.3 Å².